The van der Waals surface area contributed by atoms with E-state index in [1.807, 2.05) is 0 Å². The molecule has 1 aromatic heterocycles. The molecule has 0 radical (unpaired) electrons. The van der Waals surface area contributed by atoms with Crippen molar-refractivity contribution in [2.24, 2.45) is 0 Å². The van der Waals surface area contributed by atoms with Gasteiger partial charge in [-0.3, -0.25) is 14.2 Å². The number of nitrogens with zero attached hydrogens (tertiary/aromatic N) is 3. The number of benzene rings is 2. The second kappa shape index (κ2) is 8.81. The zero-order valence-electron chi connectivity index (χ0n) is 17.6. The van der Waals surface area contributed by atoms with Crippen LogP contribution in [-0.4, -0.2) is 26.3 Å². The van der Waals surface area contributed by atoms with Crippen LogP contribution in [0.25, 0.3) is 5.69 Å². The Morgan fingerprint density at radius 3 is 2.41 bits per heavy atom. The summed E-state index contributed by atoms with van der Waals surface area (Å²) in [6.07, 6.45) is -4.58. The maximum absolute atomic E-state index is 13.1. The number of aromatic nitrogens is 3. The molecule has 3 aromatic rings. The third-order valence-electron chi connectivity index (χ3n) is 4.54. The van der Waals surface area contributed by atoms with Gasteiger partial charge in [0.2, 0.25) is 5.69 Å². The predicted molar refractivity (Wildman–Crippen MR) is 112 cm³/mol. The van der Waals surface area contributed by atoms with Gasteiger partial charge in [-0.2, -0.15) is 23.0 Å². The fourth-order valence-corrected chi connectivity index (χ4v) is 3.08. The van der Waals surface area contributed by atoms with Crippen LogP contribution in [0.2, 0.25) is 0 Å². The van der Waals surface area contributed by atoms with Crippen LogP contribution in [-0.2, 0) is 12.7 Å². The summed E-state index contributed by atoms with van der Waals surface area (Å²) in [6.45, 7) is 4.71. The van der Waals surface area contributed by atoms with Crippen LogP contribution in [0.5, 0.6) is 0 Å². The van der Waals surface area contributed by atoms with Gasteiger partial charge in [-0.1, -0.05) is 24.3 Å². The molecular weight excluding hydrogens is 425 g/mol. The number of carbonyl (C=O) groups excluding carboxylic acids is 1. The molecule has 3 rings (SSSR count). The van der Waals surface area contributed by atoms with Gasteiger partial charge in [0.25, 0.3) is 11.5 Å². The third kappa shape index (κ3) is 4.96. The van der Waals surface area contributed by atoms with Gasteiger partial charge < -0.3 is 5.32 Å². The molecule has 7 nitrogen and oxygen atoms in total. The minimum atomic E-state index is -4.58. The number of halogens is 3. The zero-order chi connectivity index (χ0) is 23.6. The van der Waals surface area contributed by atoms with E-state index in [-0.39, 0.29) is 11.6 Å². The van der Waals surface area contributed by atoms with E-state index in [9.17, 15) is 27.6 Å². The molecule has 0 saturated carbocycles. The van der Waals surface area contributed by atoms with Gasteiger partial charge in [0, 0.05) is 6.04 Å². The molecule has 168 valence electrons. The van der Waals surface area contributed by atoms with Crippen molar-refractivity contribution in [2.45, 2.75) is 39.5 Å². The average molecular weight is 446 g/mol. The smallest absolute Gasteiger partial charge is 0.348 e. The van der Waals surface area contributed by atoms with Gasteiger partial charge in [0.15, 0.2) is 0 Å². The summed E-state index contributed by atoms with van der Waals surface area (Å²) in [4.78, 5) is 38.6. The Morgan fingerprint density at radius 1 is 1.09 bits per heavy atom. The topological polar surface area (TPSA) is 86.0 Å². The molecule has 1 amide bonds. The first-order chi connectivity index (χ1) is 15.0. The Morgan fingerprint density at radius 2 is 1.78 bits per heavy atom. The van der Waals surface area contributed by atoms with E-state index in [2.05, 4.69) is 10.4 Å². The van der Waals surface area contributed by atoms with E-state index in [1.54, 1.807) is 45.0 Å². The standard InChI is InChI=1S/C22H21F3N4O3/c1-13(2)26-19(30)18-20(31)28(12-15-7-5-8-16(11-15)22(23,24)25)21(32)29(27-18)17-9-4-6-14(3)10-17/h4-11,13H,12H2,1-3H3,(H,26,30). The molecule has 0 aliphatic carbocycles. The lowest BCUT2D eigenvalue weighted by molar-refractivity contribution is -0.137. The van der Waals surface area contributed by atoms with Crippen molar-refractivity contribution in [3.8, 4) is 5.69 Å². The van der Waals surface area contributed by atoms with Crippen LogP contribution in [0, 0.1) is 6.92 Å². The summed E-state index contributed by atoms with van der Waals surface area (Å²) in [7, 11) is 0. The van der Waals surface area contributed by atoms with Crippen LogP contribution in [0.4, 0.5) is 13.2 Å². The van der Waals surface area contributed by atoms with Crippen LogP contribution >= 0.6 is 0 Å². The van der Waals surface area contributed by atoms with Crippen molar-refractivity contribution in [1.29, 1.82) is 0 Å². The predicted octanol–water partition coefficient (Wildman–Crippen LogP) is 2.91. The fraction of sp³-hybridized carbons (Fsp3) is 0.273. The Bertz CT molecular complexity index is 1280. The number of aryl methyl sites for hydroxylation is 1. The van der Waals surface area contributed by atoms with Gasteiger partial charge in [0.05, 0.1) is 17.8 Å². The molecule has 0 aliphatic rings. The monoisotopic (exact) mass is 446 g/mol. The van der Waals surface area contributed by atoms with Gasteiger partial charge in [-0.15, -0.1) is 0 Å². The minimum absolute atomic E-state index is 0.0798. The summed E-state index contributed by atoms with van der Waals surface area (Å²) in [5, 5.41) is 6.52. The number of hydrogen-bond acceptors (Lipinski definition) is 4. The maximum atomic E-state index is 13.1. The molecule has 32 heavy (non-hydrogen) atoms. The molecule has 0 atom stereocenters. The zero-order valence-corrected chi connectivity index (χ0v) is 17.6. The number of alkyl halides is 3. The highest BCUT2D eigenvalue weighted by Crippen LogP contribution is 2.29. The molecule has 10 heteroatoms. The van der Waals surface area contributed by atoms with Crippen molar-refractivity contribution in [3.05, 3.63) is 91.8 Å². The van der Waals surface area contributed by atoms with Gasteiger partial charge in [0.1, 0.15) is 0 Å². The molecule has 0 aliphatic heterocycles. The molecular formula is C22H21F3N4O3. The van der Waals surface area contributed by atoms with E-state index < -0.39 is 41.1 Å². The minimum Gasteiger partial charge on any atom is -0.348 e. The third-order valence-corrected chi connectivity index (χ3v) is 4.54. The van der Waals surface area contributed by atoms with Crippen LogP contribution < -0.4 is 16.6 Å². The summed E-state index contributed by atoms with van der Waals surface area (Å²) >= 11 is 0. The quantitative estimate of drug-likeness (QED) is 0.653. The first-order valence-electron chi connectivity index (χ1n) is 9.75. The molecule has 0 bridgehead atoms. The first-order valence-corrected chi connectivity index (χ1v) is 9.75. The van der Waals surface area contributed by atoms with Crippen LogP contribution in [0.1, 0.15) is 41.0 Å². The second-order valence-corrected chi connectivity index (χ2v) is 7.60. The first kappa shape index (κ1) is 23.0. The number of rotatable bonds is 5. The Labute approximate surface area is 181 Å². The molecule has 0 unspecified atom stereocenters. The Hall–Kier alpha value is -3.69. The number of nitrogens with one attached hydrogen (secondary N) is 1. The summed E-state index contributed by atoms with van der Waals surface area (Å²) in [6, 6.07) is 10.7. The van der Waals surface area contributed by atoms with E-state index >= 15 is 0 Å². The van der Waals surface area contributed by atoms with Crippen molar-refractivity contribution >= 4 is 5.91 Å². The van der Waals surface area contributed by atoms with Crippen molar-refractivity contribution in [3.63, 3.8) is 0 Å². The lowest BCUT2D eigenvalue weighted by Gasteiger charge is -2.14. The van der Waals surface area contributed by atoms with Gasteiger partial charge in [-0.05, 0) is 56.2 Å². The molecule has 0 fully saturated rings. The van der Waals surface area contributed by atoms with Gasteiger partial charge in [-0.25, -0.2) is 4.79 Å². The Kier molecular flexibility index (Phi) is 6.33. The maximum Gasteiger partial charge on any atom is 0.416 e. The van der Waals surface area contributed by atoms with E-state index in [4.69, 9.17) is 0 Å². The number of amides is 1. The lowest BCUT2D eigenvalue weighted by atomic mass is 10.1. The van der Waals surface area contributed by atoms with Crippen molar-refractivity contribution in [2.75, 3.05) is 0 Å². The molecule has 1 N–H and O–H groups in total. The van der Waals surface area contributed by atoms with Crippen molar-refractivity contribution < 1.29 is 18.0 Å². The number of carbonyl (C=O) groups is 1. The summed E-state index contributed by atoms with van der Waals surface area (Å²) in [5.41, 5.74) is -2.11. The highest BCUT2D eigenvalue weighted by Gasteiger charge is 2.30. The number of hydrogen-bond donors (Lipinski definition) is 1. The second-order valence-electron chi connectivity index (χ2n) is 7.60. The molecule has 0 spiro atoms. The van der Waals surface area contributed by atoms with E-state index in [0.29, 0.717) is 10.3 Å². The van der Waals surface area contributed by atoms with E-state index in [1.165, 1.54) is 12.1 Å². The average Bonchev–Trinajstić information content (AvgIpc) is 2.70. The van der Waals surface area contributed by atoms with E-state index in [0.717, 1.165) is 22.4 Å². The highest BCUT2D eigenvalue weighted by molar-refractivity contribution is 5.91. The lowest BCUT2D eigenvalue weighted by Crippen LogP contribution is -2.46. The molecule has 0 saturated heterocycles. The van der Waals surface area contributed by atoms with Crippen molar-refractivity contribution in [1.82, 2.24) is 19.7 Å². The fourth-order valence-electron chi connectivity index (χ4n) is 3.08. The highest BCUT2D eigenvalue weighted by atomic mass is 19.4. The van der Waals surface area contributed by atoms with Crippen LogP contribution in [0.3, 0.4) is 0 Å². The van der Waals surface area contributed by atoms with Crippen LogP contribution in [0.15, 0.2) is 58.1 Å². The Balaban J connectivity index is 2.21. The summed E-state index contributed by atoms with van der Waals surface area (Å²) < 4.78 is 40.9. The normalized spacial score (nSPS) is 11.6. The SMILES string of the molecule is Cc1cccc(-n2nc(C(=O)NC(C)C)c(=O)n(Cc3cccc(C(F)(F)F)c3)c2=O)c1. The van der Waals surface area contributed by atoms with Gasteiger partial charge >= 0.3 is 11.9 Å². The summed E-state index contributed by atoms with van der Waals surface area (Å²) in [5.74, 6) is -0.788. The largest absolute Gasteiger partial charge is 0.416 e. The molecule has 1 heterocycles. The molecule has 2 aromatic carbocycles.